The van der Waals surface area contributed by atoms with Crippen LogP contribution in [-0.2, 0) is 6.18 Å². The summed E-state index contributed by atoms with van der Waals surface area (Å²) >= 11 is 6.16. The number of anilines is 1. The van der Waals surface area contributed by atoms with Crippen LogP contribution in [0, 0.1) is 0 Å². The van der Waals surface area contributed by atoms with Gasteiger partial charge in [-0.3, -0.25) is 4.90 Å². The third-order valence-electron chi connectivity index (χ3n) is 5.02. The first-order valence-electron chi connectivity index (χ1n) is 9.85. The molecule has 2 heterocycles. The molecule has 1 saturated heterocycles. The summed E-state index contributed by atoms with van der Waals surface area (Å²) in [6, 6.07) is 9.48. The molecule has 0 N–H and O–H groups in total. The summed E-state index contributed by atoms with van der Waals surface area (Å²) in [6.45, 7) is 4.36. The van der Waals surface area contributed by atoms with Gasteiger partial charge in [0, 0.05) is 43.0 Å². The van der Waals surface area contributed by atoms with Crippen LogP contribution in [0.25, 0.3) is 0 Å². The van der Waals surface area contributed by atoms with E-state index in [1.807, 2.05) is 17.0 Å². The lowest BCUT2D eigenvalue weighted by atomic mass is 10.1. The van der Waals surface area contributed by atoms with Crippen LogP contribution in [-0.4, -0.2) is 48.4 Å². The Bertz CT molecular complexity index is 778. The normalized spacial score (nSPS) is 15.7. The highest BCUT2D eigenvalue weighted by atomic mass is 32.2. The number of hydrogen-bond acceptors (Lipinski definition) is 5. The van der Waals surface area contributed by atoms with Crippen molar-refractivity contribution in [2.24, 2.45) is 0 Å². The summed E-state index contributed by atoms with van der Waals surface area (Å²) in [5.41, 5.74) is 0.0839. The van der Waals surface area contributed by atoms with E-state index in [2.05, 4.69) is 22.5 Å². The highest BCUT2D eigenvalue weighted by Gasteiger charge is 2.31. The average molecular weight is 442 g/mol. The zero-order chi connectivity index (χ0) is 20.7. The molecule has 2 aromatic rings. The number of halogens is 3. The Hall–Kier alpha value is -1.38. The van der Waals surface area contributed by atoms with Crippen LogP contribution in [0.2, 0.25) is 0 Å². The molecule has 0 radical (unpaired) electrons. The molecule has 1 aliphatic heterocycles. The van der Waals surface area contributed by atoms with E-state index in [9.17, 15) is 13.2 Å². The molecule has 3 rings (SSSR count). The standard InChI is InChI=1S/C21H26F3N3S2/c22-21(23,24)17-6-4-7-18(16-17)27-13-11-26(12-14-27)10-2-1-3-15-29-20-19(28)8-5-9-25-20/h4-9,16,28H,1-3,10-15H2. The van der Waals surface area contributed by atoms with E-state index < -0.39 is 11.7 Å². The molecule has 1 aliphatic rings. The minimum Gasteiger partial charge on any atom is -0.369 e. The second-order valence-electron chi connectivity index (χ2n) is 7.11. The number of piperazine rings is 1. The molecular formula is C21H26F3N3S2. The minimum absolute atomic E-state index is 0.578. The van der Waals surface area contributed by atoms with Gasteiger partial charge in [-0.05, 0) is 55.5 Å². The first-order chi connectivity index (χ1) is 13.9. The fourth-order valence-electron chi connectivity index (χ4n) is 3.39. The number of aromatic nitrogens is 1. The molecule has 3 nitrogen and oxygen atoms in total. The monoisotopic (exact) mass is 441 g/mol. The number of rotatable bonds is 8. The Balaban J connectivity index is 1.33. The maximum Gasteiger partial charge on any atom is 0.416 e. The van der Waals surface area contributed by atoms with E-state index in [1.165, 1.54) is 12.1 Å². The number of nitrogens with zero attached hydrogens (tertiary/aromatic N) is 3. The van der Waals surface area contributed by atoms with E-state index in [0.717, 1.165) is 73.7 Å². The maximum atomic E-state index is 12.9. The lowest BCUT2D eigenvalue weighted by Gasteiger charge is -2.36. The van der Waals surface area contributed by atoms with Gasteiger partial charge in [0.1, 0.15) is 5.03 Å². The van der Waals surface area contributed by atoms with Crippen molar-refractivity contribution in [2.45, 2.75) is 35.4 Å². The Morgan fingerprint density at radius 1 is 1.00 bits per heavy atom. The summed E-state index contributed by atoms with van der Waals surface area (Å²) in [5.74, 6) is 1.04. The number of hydrogen-bond donors (Lipinski definition) is 1. The molecule has 29 heavy (non-hydrogen) atoms. The van der Waals surface area contributed by atoms with Gasteiger partial charge in [0.25, 0.3) is 0 Å². The molecule has 1 aromatic heterocycles. The number of unbranched alkanes of at least 4 members (excludes halogenated alkanes) is 2. The second kappa shape index (κ2) is 10.6. The lowest BCUT2D eigenvalue weighted by Crippen LogP contribution is -2.46. The van der Waals surface area contributed by atoms with Gasteiger partial charge in [-0.2, -0.15) is 13.2 Å². The third-order valence-corrected chi connectivity index (χ3v) is 6.62. The van der Waals surface area contributed by atoms with Crippen LogP contribution < -0.4 is 4.90 Å². The van der Waals surface area contributed by atoms with Gasteiger partial charge in [0.15, 0.2) is 0 Å². The molecule has 0 aliphatic carbocycles. The number of pyridine rings is 1. The van der Waals surface area contributed by atoms with Crippen LogP contribution >= 0.6 is 24.4 Å². The van der Waals surface area contributed by atoms with Crippen molar-refractivity contribution in [2.75, 3.05) is 43.4 Å². The van der Waals surface area contributed by atoms with Gasteiger partial charge in [0.2, 0.25) is 0 Å². The van der Waals surface area contributed by atoms with Crippen molar-refractivity contribution < 1.29 is 13.2 Å². The minimum atomic E-state index is -4.29. The Morgan fingerprint density at radius 2 is 1.79 bits per heavy atom. The molecule has 8 heteroatoms. The molecule has 0 saturated carbocycles. The van der Waals surface area contributed by atoms with Crippen molar-refractivity contribution in [3.8, 4) is 0 Å². The topological polar surface area (TPSA) is 19.4 Å². The lowest BCUT2D eigenvalue weighted by molar-refractivity contribution is -0.137. The molecule has 0 amide bonds. The van der Waals surface area contributed by atoms with Crippen molar-refractivity contribution in [1.29, 1.82) is 0 Å². The predicted octanol–water partition coefficient (Wildman–Crippen LogP) is 5.47. The van der Waals surface area contributed by atoms with E-state index >= 15 is 0 Å². The average Bonchev–Trinajstić information content (AvgIpc) is 2.72. The molecule has 158 valence electrons. The van der Waals surface area contributed by atoms with Gasteiger partial charge < -0.3 is 4.90 Å². The van der Waals surface area contributed by atoms with Crippen LogP contribution in [0.1, 0.15) is 24.8 Å². The molecule has 1 aromatic carbocycles. The summed E-state index contributed by atoms with van der Waals surface area (Å²) in [5, 5.41) is 0.988. The Morgan fingerprint density at radius 3 is 2.52 bits per heavy atom. The summed E-state index contributed by atoms with van der Waals surface area (Å²) < 4.78 is 38.7. The van der Waals surface area contributed by atoms with Crippen LogP contribution in [0.15, 0.2) is 52.5 Å². The molecule has 0 atom stereocenters. The first-order valence-corrected chi connectivity index (χ1v) is 11.3. The highest BCUT2D eigenvalue weighted by molar-refractivity contribution is 7.99. The zero-order valence-corrected chi connectivity index (χ0v) is 17.9. The van der Waals surface area contributed by atoms with Crippen LogP contribution in [0.5, 0.6) is 0 Å². The molecule has 0 unspecified atom stereocenters. The molecule has 0 bridgehead atoms. The third kappa shape index (κ3) is 6.83. The van der Waals surface area contributed by atoms with E-state index in [-0.39, 0.29) is 0 Å². The fraction of sp³-hybridized carbons (Fsp3) is 0.476. The highest BCUT2D eigenvalue weighted by Crippen LogP contribution is 2.32. The van der Waals surface area contributed by atoms with Gasteiger partial charge in [-0.1, -0.05) is 12.5 Å². The number of thiol groups is 1. The van der Waals surface area contributed by atoms with Crippen molar-refractivity contribution in [3.63, 3.8) is 0 Å². The molecule has 0 spiro atoms. The SMILES string of the molecule is FC(F)(F)c1cccc(N2CCN(CCCCCSc3ncccc3S)CC2)c1. The smallest absolute Gasteiger partial charge is 0.369 e. The van der Waals surface area contributed by atoms with Crippen molar-refractivity contribution in [3.05, 3.63) is 48.2 Å². The van der Waals surface area contributed by atoms with Crippen molar-refractivity contribution in [1.82, 2.24) is 9.88 Å². The summed E-state index contributed by atoms with van der Waals surface area (Å²) in [4.78, 5) is 9.71. The fourth-order valence-corrected chi connectivity index (χ4v) is 4.62. The van der Waals surface area contributed by atoms with Crippen LogP contribution in [0.3, 0.4) is 0 Å². The Labute approximate surface area is 180 Å². The Kier molecular flexibility index (Phi) is 8.15. The summed E-state index contributed by atoms with van der Waals surface area (Å²) in [7, 11) is 0. The van der Waals surface area contributed by atoms with Gasteiger partial charge in [-0.15, -0.1) is 24.4 Å². The maximum absolute atomic E-state index is 12.9. The number of benzene rings is 1. The number of thioether (sulfide) groups is 1. The quantitative estimate of drug-likeness (QED) is 0.332. The van der Waals surface area contributed by atoms with Gasteiger partial charge >= 0.3 is 6.18 Å². The van der Waals surface area contributed by atoms with E-state index in [4.69, 9.17) is 0 Å². The predicted molar refractivity (Wildman–Crippen MR) is 116 cm³/mol. The van der Waals surface area contributed by atoms with Crippen molar-refractivity contribution >= 4 is 30.1 Å². The largest absolute Gasteiger partial charge is 0.416 e. The van der Waals surface area contributed by atoms with Gasteiger partial charge in [0.05, 0.1) is 5.56 Å². The molecule has 1 fully saturated rings. The first kappa shape index (κ1) is 22.3. The zero-order valence-electron chi connectivity index (χ0n) is 16.2. The number of alkyl halides is 3. The van der Waals surface area contributed by atoms with Crippen LogP contribution in [0.4, 0.5) is 18.9 Å². The van der Waals surface area contributed by atoms with E-state index in [1.54, 1.807) is 24.0 Å². The van der Waals surface area contributed by atoms with E-state index in [0.29, 0.717) is 5.69 Å². The second-order valence-corrected chi connectivity index (χ2v) is 8.68. The van der Waals surface area contributed by atoms with Gasteiger partial charge in [-0.25, -0.2) is 4.98 Å². The molecular weight excluding hydrogens is 415 g/mol. The summed E-state index contributed by atoms with van der Waals surface area (Å²) in [6.07, 6.45) is 0.941.